The van der Waals surface area contributed by atoms with Crippen molar-refractivity contribution < 1.29 is 35.7 Å². The number of hydrogen-bond donors (Lipinski definition) is 7. The second-order valence-electron chi connectivity index (χ2n) is 21.9. The van der Waals surface area contributed by atoms with Crippen LogP contribution >= 0.6 is 0 Å². The SMILES string of the molecule is CC(C)c1cc2cc(c1O)C(C)c1ccc(O)c(c1)C(C)c1cc(cc(C(C)C)c1O)C(C)c1ccc(O)c(c1)C(C)c1cc(cc(C(C)C)c1O)C(C)c1cc(ccc1O)C(C)c1cc(ccc1O)C2C. The van der Waals surface area contributed by atoms with E-state index in [0.29, 0.717) is 27.8 Å². The lowest BCUT2D eigenvalue weighted by molar-refractivity contribution is 0.448. The summed E-state index contributed by atoms with van der Waals surface area (Å²) in [6.07, 6.45) is 0. The molecule has 0 spiro atoms. The van der Waals surface area contributed by atoms with Gasteiger partial charge >= 0.3 is 0 Å². The molecule has 1 aliphatic carbocycles. The Labute approximate surface area is 427 Å². The van der Waals surface area contributed by atoms with Crippen molar-refractivity contribution in [2.45, 2.75) is 149 Å². The largest absolute Gasteiger partial charge is 0.508 e. The van der Waals surface area contributed by atoms with Crippen molar-refractivity contribution >= 4 is 0 Å². The zero-order valence-corrected chi connectivity index (χ0v) is 44.3. The Hall–Kier alpha value is -6.86. The molecule has 376 valence electrons. The van der Waals surface area contributed by atoms with Crippen LogP contribution in [0.25, 0.3) is 0 Å². The van der Waals surface area contributed by atoms with Crippen LogP contribution in [-0.2, 0) is 0 Å². The molecule has 7 heteroatoms. The number of hydrogen-bond acceptors (Lipinski definition) is 7. The van der Waals surface area contributed by atoms with Crippen molar-refractivity contribution in [2.24, 2.45) is 0 Å². The minimum absolute atomic E-state index is 0.0171. The second kappa shape index (κ2) is 20.0. The number of phenols is 7. The van der Waals surface area contributed by atoms with Gasteiger partial charge < -0.3 is 35.7 Å². The normalized spacial score (nSPS) is 20.4. The molecule has 0 heterocycles. The Bertz CT molecular complexity index is 3180. The molecule has 0 radical (unpaired) electrons. The van der Waals surface area contributed by atoms with E-state index < -0.39 is 11.8 Å². The van der Waals surface area contributed by atoms with Crippen molar-refractivity contribution in [3.8, 4) is 40.2 Å². The van der Waals surface area contributed by atoms with Gasteiger partial charge in [-0.1, -0.05) is 175 Å². The van der Waals surface area contributed by atoms with E-state index >= 15 is 0 Å². The van der Waals surface area contributed by atoms with E-state index in [1.54, 1.807) is 24.3 Å². The topological polar surface area (TPSA) is 142 Å². The van der Waals surface area contributed by atoms with Gasteiger partial charge in [0.2, 0.25) is 0 Å². The van der Waals surface area contributed by atoms with Crippen LogP contribution in [0, 0.1) is 0 Å². The number of aromatic hydroxyl groups is 7. The lowest BCUT2D eigenvalue weighted by Crippen LogP contribution is -2.08. The molecule has 7 N–H and O–H groups in total. The molecule has 0 saturated heterocycles. The molecule has 14 bridgehead atoms. The molecule has 0 fully saturated rings. The van der Waals surface area contributed by atoms with Gasteiger partial charge in [0.15, 0.2) is 0 Å². The standard InChI is InChI=1S/C65H74O7/c1-32(2)49-26-46-29-56(63(49)70)38(10)45-17-21-62(69)55(25-45)41(13)57-30-47(27-50(33(3)4)64(57)71)36(8)43-15-19-61(68)54(23-43)40(12)58-31-48(28-51(34(5)6)65(58)72)39(11)53-24-44(16-20-60(53)67)37(9)52-22-42(35(46)7)14-18-59(52)66/h14-41,66-72H,1-13H3. The molecule has 7 unspecified atom stereocenters. The van der Waals surface area contributed by atoms with Gasteiger partial charge in [-0.15, -0.1) is 0 Å². The number of fused-ring (bicyclic) bond motifs is 14. The summed E-state index contributed by atoms with van der Waals surface area (Å²) in [5.41, 5.74) is 13.9. The van der Waals surface area contributed by atoms with Gasteiger partial charge in [0.25, 0.3) is 0 Å². The lowest BCUT2D eigenvalue weighted by atomic mass is 9.79. The van der Waals surface area contributed by atoms with E-state index in [9.17, 15) is 35.7 Å². The summed E-state index contributed by atoms with van der Waals surface area (Å²) in [7, 11) is 0. The van der Waals surface area contributed by atoms with Crippen molar-refractivity contribution in [1.82, 2.24) is 0 Å². The van der Waals surface area contributed by atoms with E-state index in [2.05, 4.69) is 86.6 Å². The minimum Gasteiger partial charge on any atom is -0.508 e. The number of benzene rings is 7. The third-order valence-corrected chi connectivity index (χ3v) is 16.4. The maximum absolute atomic E-state index is 12.1. The second-order valence-corrected chi connectivity index (χ2v) is 21.9. The van der Waals surface area contributed by atoms with E-state index in [1.807, 2.05) is 88.4 Å². The van der Waals surface area contributed by atoms with Crippen LogP contribution in [0.2, 0.25) is 0 Å². The molecule has 0 amide bonds. The van der Waals surface area contributed by atoms with Crippen LogP contribution in [-0.4, -0.2) is 35.7 Å². The maximum atomic E-state index is 12.1. The molecule has 1 aliphatic rings. The highest BCUT2D eigenvalue weighted by atomic mass is 16.3. The number of rotatable bonds is 3. The Kier molecular flexibility index (Phi) is 14.3. The van der Waals surface area contributed by atoms with E-state index in [-0.39, 0.29) is 87.6 Å². The van der Waals surface area contributed by atoms with Crippen LogP contribution in [0.5, 0.6) is 40.2 Å². The fourth-order valence-electron chi connectivity index (χ4n) is 11.2. The van der Waals surface area contributed by atoms with Crippen LogP contribution in [0.15, 0.2) is 109 Å². The summed E-state index contributed by atoms with van der Waals surface area (Å²) < 4.78 is 0. The van der Waals surface area contributed by atoms with E-state index in [1.165, 1.54) is 0 Å². The lowest BCUT2D eigenvalue weighted by Gasteiger charge is -2.26. The van der Waals surface area contributed by atoms with Crippen LogP contribution in [0.3, 0.4) is 0 Å². The first-order valence-corrected chi connectivity index (χ1v) is 25.9. The van der Waals surface area contributed by atoms with Crippen LogP contribution in [0.4, 0.5) is 0 Å². The molecule has 8 rings (SSSR count). The molecule has 0 saturated carbocycles. The van der Waals surface area contributed by atoms with Gasteiger partial charge in [-0.2, -0.15) is 0 Å². The highest BCUT2D eigenvalue weighted by Gasteiger charge is 2.29. The Morgan fingerprint density at radius 1 is 0.250 bits per heavy atom. The average molecular weight is 967 g/mol. The van der Waals surface area contributed by atoms with Gasteiger partial charge in [0.05, 0.1) is 0 Å². The molecule has 7 nitrogen and oxygen atoms in total. The predicted octanol–water partition coefficient (Wildman–Crippen LogP) is 16.4. The van der Waals surface area contributed by atoms with Crippen molar-refractivity contribution in [1.29, 1.82) is 0 Å². The van der Waals surface area contributed by atoms with Gasteiger partial charge in [0.1, 0.15) is 40.2 Å². The van der Waals surface area contributed by atoms with Crippen LogP contribution in [0.1, 0.15) is 244 Å². The van der Waals surface area contributed by atoms with E-state index in [0.717, 1.165) is 66.8 Å². The summed E-state index contributed by atoms with van der Waals surface area (Å²) in [6.45, 7) is 26.8. The first-order valence-electron chi connectivity index (χ1n) is 25.9. The summed E-state index contributed by atoms with van der Waals surface area (Å²) in [5.74, 6) is -0.949. The third-order valence-electron chi connectivity index (χ3n) is 16.4. The van der Waals surface area contributed by atoms with Gasteiger partial charge in [-0.25, -0.2) is 0 Å². The minimum atomic E-state index is -0.439. The predicted molar refractivity (Wildman–Crippen MR) is 292 cm³/mol. The van der Waals surface area contributed by atoms with Crippen molar-refractivity contribution in [3.05, 3.63) is 204 Å². The molecule has 7 aromatic carbocycles. The molecular weight excluding hydrogens is 893 g/mol. The fourth-order valence-corrected chi connectivity index (χ4v) is 11.2. The average Bonchev–Trinajstić information content (AvgIpc) is 3.35. The van der Waals surface area contributed by atoms with Crippen molar-refractivity contribution in [2.75, 3.05) is 0 Å². The summed E-state index contributed by atoms with van der Waals surface area (Å²) >= 11 is 0. The molecule has 0 aliphatic heterocycles. The van der Waals surface area contributed by atoms with Crippen LogP contribution < -0.4 is 0 Å². The molecule has 7 atom stereocenters. The van der Waals surface area contributed by atoms with Crippen molar-refractivity contribution in [3.63, 3.8) is 0 Å². The quantitative estimate of drug-likeness (QED) is 0.0935. The van der Waals surface area contributed by atoms with Gasteiger partial charge in [-0.3, -0.25) is 0 Å². The molecule has 72 heavy (non-hydrogen) atoms. The fraction of sp³-hybridized carbons (Fsp3) is 0.354. The smallest absolute Gasteiger partial charge is 0.122 e. The highest BCUT2D eigenvalue weighted by molar-refractivity contribution is 5.59. The zero-order chi connectivity index (χ0) is 52.4. The maximum Gasteiger partial charge on any atom is 0.122 e. The summed E-state index contributed by atoms with van der Waals surface area (Å²) in [4.78, 5) is 0. The Morgan fingerprint density at radius 2 is 0.458 bits per heavy atom. The first-order chi connectivity index (χ1) is 34.0. The zero-order valence-electron chi connectivity index (χ0n) is 44.3. The molecular formula is C65H74O7. The van der Waals surface area contributed by atoms with Gasteiger partial charge in [0, 0.05) is 80.4 Å². The summed E-state index contributed by atoms with van der Waals surface area (Å²) in [5, 5.41) is 82.5. The molecule has 0 aromatic heterocycles. The number of phenolic OH excluding ortho intramolecular Hbond substituents is 7. The summed E-state index contributed by atoms with van der Waals surface area (Å²) in [6, 6.07) is 35.0. The van der Waals surface area contributed by atoms with Gasteiger partial charge in [-0.05, 0) is 97.7 Å². The monoisotopic (exact) mass is 967 g/mol. The first kappa shape index (κ1) is 51.5. The highest BCUT2D eigenvalue weighted by Crippen LogP contribution is 2.48. The molecule has 7 aromatic rings. The Morgan fingerprint density at radius 3 is 0.750 bits per heavy atom. The van der Waals surface area contributed by atoms with E-state index in [4.69, 9.17) is 0 Å². The Balaban J connectivity index is 1.38. The third kappa shape index (κ3) is 9.39.